The molecule has 2 amide bonds. The van der Waals surface area contributed by atoms with Gasteiger partial charge in [-0.25, -0.2) is 13.1 Å². The molecule has 0 unspecified atom stereocenters. The van der Waals surface area contributed by atoms with Crippen LogP contribution in [0.15, 0.2) is 30.3 Å². The molecule has 1 N–H and O–H groups in total. The minimum atomic E-state index is -3.06. The van der Waals surface area contributed by atoms with Gasteiger partial charge in [-0.3, -0.25) is 9.59 Å². The van der Waals surface area contributed by atoms with Crippen LogP contribution in [0.3, 0.4) is 0 Å². The average Bonchev–Trinajstić information content (AvgIpc) is 3.38. The van der Waals surface area contributed by atoms with Crippen molar-refractivity contribution in [2.45, 2.75) is 39.2 Å². The fourth-order valence-electron chi connectivity index (χ4n) is 4.45. The van der Waals surface area contributed by atoms with Crippen LogP contribution >= 0.6 is 0 Å². The highest BCUT2D eigenvalue weighted by atomic mass is 32.2. The van der Waals surface area contributed by atoms with Crippen molar-refractivity contribution in [3.8, 4) is 5.69 Å². The van der Waals surface area contributed by atoms with E-state index in [-0.39, 0.29) is 35.8 Å². The number of hydrogen-bond acceptors (Lipinski definition) is 5. The number of benzene rings is 1. The van der Waals surface area contributed by atoms with Crippen LogP contribution in [0.4, 0.5) is 0 Å². The van der Waals surface area contributed by atoms with E-state index in [1.54, 1.807) is 4.90 Å². The van der Waals surface area contributed by atoms with E-state index < -0.39 is 15.8 Å². The molecule has 166 valence electrons. The fraction of sp³-hybridized carbons (Fsp3) is 0.500. The Balaban J connectivity index is 1.27. The van der Waals surface area contributed by atoms with Gasteiger partial charge in [-0.2, -0.15) is 5.10 Å². The molecule has 2 saturated heterocycles. The second-order valence-corrected chi connectivity index (χ2v) is 10.8. The number of nitrogens with one attached hydrogen (secondary N) is 1. The molecule has 2 aliphatic heterocycles. The van der Waals surface area contributed by atoms with Gasteiger partial charge < -0.3 is 10.2 Å². The van der Waals surface area contributed by atoms with Gasteiger partial charge in [-0.1, -0.05) is 12.1 Å². The van der Waals surface area contributed by atoms with Gasteiger partial charge in [0.15, 0.2) is 9.84 Å². The normalized spacial score (nSPS) is 22.8. The smallest absolute Gasteiger partial charge is 0.225 e. The van der Waals surface area contributed by atoms with Gasteiger partial charge in [-0.05, 0) is 50.5 Å². The largest absolute Gasteiger partial charge is 0.355 e. The standard InChI is InChI=1S/C22H28N4O4S/c1-15-11-16(2)26(24-15)19-5-3-17(4-6-19)7-9-23-22(28)18-12-21(27)25(13-18)20-8-10-31(29,30)14-20/h3-6,11,18,20H,7-10,12-14H2,1-2H3,(H,23,28)/t18-,20+/m1/s1. The molecular weight excluding hydrogens is 416 g/mol. The van der Waals surface area contributed by atoms with E-state index in [0.29, 0.717) is 25.9 Å². The summed E-state index contributed by atoms with van der Waals surface area (Å²) in [5.74, 6) is -0.542. The van der Waals surface area contributed by atoms with Crippen molar-refractivity contribution in [3.05, 3.63) is 47.3 Å². The number of aryl methyl sites for hydroxylation is 2. The Morgan fingerprint density at radius 3 is 2.58 bits per heavy atom. The minimum Gasteiger partial charge on any atom is -0.355 e. The van der Waals surface area contributed by atoms with E-state index in [2.05, 4.69) is 10.4 Å². The molecule has 0 bridgehead atoms. The van der Waals surface area contributed by atoms with Crippen LogP contribution < -0.4 is 5.32 Å². The maximum Gasteiger partial charge on any atom is 0.225 e. The van der Waals surface area contributed by atoms with Crippen LogP contribution in [0.25, 0.3) is 5.69 Å². The lowest BCUT2D eigenvalue weighted by Crippen LogP contribution is -2.39. The first-order valence-corrected chi connectivity index (χ1v) is 12.4. The first-order chi connectivity index (χ1) is 14.7. The Morgan fingerprint density at radius 1 is 1.23 bits per heavy atom. The Hall–Kier alpha value is -2.68. The van der Waals surface area contributed by atoms with Crippen molar-refractivity contribution in [1.29, 1.82) is 0 Å². The van der Waals surface area contributed by atoms with Gasteiger partial charge in [0.2, 0.25) is 11.8 Å². The third-order valence-electron chi connectivity index (χ3n) is 6.08. The number of hydrogen-bond donors (Lipinski definition) is 1. The molecule has 31 heavy (non-hydrogen) atoms. The maximum atomic E-state index is 12.5. The molecule has 0 aliphatic carbocycles. The molecule has 0 radical (unpaired) electrons. The zero-order chi connectivity index (χ0) is 22.2. The molecule has 2 aromatic rings. The summed E-state index contributed by atoms with van der Waals surface area (Å²) >= 11 is 0. The number of amides is 2. The van der Waals surface area contributed by atoms with Crippen molar-refractivity contribution in [2.24, 2.45) is 5.92 Å². The predicted molar refractivity (Wildman–Crippen MR) is 117 cm³/mol. The summed E-state index contributed by atoms with van der Waals surface area (Å²) in [6.45, 7) is 4.78. The molecule has 2 fully saturated rings. The summed E-state index contributed by atoms with van der Waals surface area (Å²) < 4.78 is 25.3. The van der Waals surface area contributed by atoms with Gasteiger partial charge in [0, 0.05) is 31.2 Å². The third-order valence-corrected chi connectivity index (χ3v) is 7.83. The monoisotopic (exact) mass is 444 g/mol. The summed E-state index contributed by atoms with van der Waals surface area (Å²) in [4.78, 5) is 26.4. The highest BCUT2D eigenvalue weighted by Gasteiger charge is 2.41. The van der Waals surface area contributed by atoms with E-state index in [1.165, 1.54) is 0 Å². The maximum absolute atomic E-state index is 12.5. The zero-order valence-electron chi connectivity index (χ0n) is 17.9. The van der Waals surface area contributed by atoms with Crippen molar-refractivity contribution >= 4 is 21.7 Å². The number of sulfone groups is 1. The summed E-state index contributed by atoms with van der Waals surface area (Å²) in [5.41, 5.74) is 4.15. The van der Waals surface area contributed by atoms with E-state index in [9.17, 15) is 18.0 Å². The lowest BCUT2D eigenvalue weighted by molar-refractivity contribution is -0.130. The molecule has 8 nitrogen and oxygen atoms in total. The zero-order valence-corrected chi connectivity index (χ0v) is 18.7. The lowest BCUT2D eigenvalue weighted by Gasteiger charge is -2.22. The van der Waals surface area contributed by atoms with Gasteiger partial charge in [0.1, 0.15) is 0 Å². The third kappa shape index (κ3) is 4.81. The number of nitrogens with zero attached hydrogens (tertiary/aromatic N) is 3. The van der Waals surface area contributed by atoms with Crippen LogP contribution in [-0.4, -0.2) is 65.5 Å². The summed E-state index contributed by atoms with van der Waals surface area (Å²) in [6, 6.07) is 9.83. The van der Waals surface area contributed by atoms with Crippen molar-refractivity contribution in [1.82, 2.24) is 20.0 Å². The number of rotatable bonds is 6. The molecule has 2 aliphatic rings. The van der Waals surface area contributed by atoms with Crippen molar-refractivity contribution in [2.75, 3.05) is 24.6 Å². The number of aromatic nitrogens is 2. The molecule has 3 heterocycles. The van der Waals surface area contributed by atoms with Crippen LogP contribution in [0.5, 0.6) is 0 Å². The SMILES string of the molecule is Cc1cc(C)n(-c2ccc(CCNC(=O)[C@@H]3CC(=O)N([C@H]4CCS(=O)(=O)C4)C3)cc2)n1. The Bertz CT molecular complexity index is 1090. The Kier molecular flexibility index (Phi) is 5.88. The van der Waals surface area contributed by atoms with E-state index in [0.717, 1.165) is 22.6 Å². The fourth-order valence-corrected chi connectivity index (χ4v) is 6.18. The Morgan fingerprint density at radius 2 is 1.97 bits per heavy atom. The molecule has 1 aromatic carbocycles. The van der Waals surface area contributed by atoms with Gasteiger partial charge in [-0.15, -0.1) is 0 Å². The van der Waals surface area contributed by atoms with Crippen molar-refractivity contribution in [3.63, 3.8) is 0 Å². The second-order valence-electron chi connectivity index (χ2n) is 8.55. The summed E-state index contributed by atoms with van der Waals surface area (Å²) in [5, 5.41) is 7.41. The van der Waals surface area contributed by atoms with Crippen LogP contribution in [0, 0.1) is 19.8 Å². The van der Waals surface area contributed by atoms with Crippen LogP contribution in [-0.2, 0) is 25.8 Å². The lowest BCUT2D eigenvalue weighted by atomic mass is 10.1. The second kappa shape index (κ2) is 8.45. The molecule has 4 rings (SSSR count). The quantitative estimate of drug-likeness (QED) is 0.721. The van der Waals surface area contributed by atoms with Crippen LogP contribution in [0.1, 0.15) is 29.8 Å². The minimum absolute atomic E-state index is 0.0146. The van der Waals surface area contributed by atoms with E-state index >= 15 is 0 Å². The van der Waals surface area contributed by atoms with E-state index in [4.69, 9.17) is 0 Å². The molecular formula is C22H28N4O4S. The van der Waals surface area contributed by atoms with Gasteiger partial charge in [0.05, 0.1) is 28.8 Å². The molecule has 0 saturated carbocycles. The van der Waals surface area contributed by atoms with Gasteiger partial charge in [0.25, 0.3) is 0 Å². The highest BCUT2D eigenvalue weighted by Crippen LogP contribution is 2.26. The number of carbonyl (C=O) groups is 2. The van der Waals surface area contributed by atoms with Gasteiger partial charge >= 0.3 is 0 Å². The van der Waals surface area contributed by atoms with Crippen molar-refractivity contribution < 1.29 is 18.0 Å². The summed E-state index contributed by atoms with van der Waals surface area (Å²) in [7, 11) is -3.06. The summed E-state index contributed by atoms with van der Waals surface area (Å²) in [6.07, 6.45) is 1.31. The van der Waals surface area contributed by atoms with Crippen LogP contribution in [0.2, 0.25) is 0 Å². The predicted octanol–water partition coefficient (Wildman–Crippen LogP) is 1.18. The molecule has 0 spiro atoms. The molecule has 9 heteroatoms. The number of likely N-dealkylation sites (tertiary alicyclic amines) is 1. The topological polar surface area (TPSA) is 101 Å². The Labute approximate surface area is 182 Å². The molecule has 2 atom stereocenters. The molecule has 1 aromatic heterocycles. The average molecular weight is 445 g/mol. The number of carbonyl (C=O) groups excluding carboxylic acids is 2. The van der Waals surface area contributed by atoms with E-state index in [1.807, 2.05) is 48.9 Å². The first kappa shape index (κ1) is 21.5. The first-order valence-electron chi connectivity index (χ1n) is 10.6. The highest BCUT2D eigenvalue weighted by molar-refractivity contribution is 7.91.